The molecule has 0 fully saturated rings. The van der Waals surface area contributed by atoms with Crippen LogP contribution < -0.4 is 11.1 Å². The quantitative estimate of drug-likeness (QED) is 0.677. The summed E-state index contributed by atoms with van der Waals surface area (Å²) in [5.74, 6) is 0.377. The van der Waals surface area contributed by atoms with Gasteiger partial charge in [0.15, 0.2) is 0 Å². The first-order valence-corrected chi connectivity index (χ1v) is 5.15. The van der Waals surface area contributed by atoms with Gasteiger partial charge in [0.2, 0.25) is 0 Å². The van der Waals surface area contributed by atoms with Crippen molar-refractivity contribution in [2.45, 2.75) is 19.9 Å². The van der Waals surface area contributed by atoms with Crippen LogP contribution in [0.5, 0.6) is 0 Å². The fourth-order valence-electron chi connectivity index (χ4n) is 1.28. The summed E-state index contributed by atoms with van der Waals surface area (Å²) in [5.41, 5.74) is 5.78. The fraction of sp³-hybridized carbons (Fsp3) is 0.600. The number of aromatic amines is 1. The van der Waals surface area contributed by atoms with Crippen molar-refractivity contribution >= 4 is 11.7 Å². The zero-order valence-corrected chi connectivity index (χ0v) is 9.78. The first-order chi connectivity index (χ1) is 7.54. The van der Waals surface area contributed by atoms with Gasteiger partial charge in [-0.15, -0.1) is 0 Å². The second-order valence-electron chi connectivity index (χ2n) is 3.99. The monoisotopic (exact) mass is 226 g/mol. The van der Waals surface area contributed by atoms with E-state index in [2.05, 4.69) is 15.5 Å². The van der Waals surface area contributed by atoms with E-state index in [0.717, 1.165) is 0 Å². The summed E-state index contributed by atoms with van der Waals surface area (Å²) < 4.78 is 5.04. The zero-order chi connectivity index (χ0) is 12.1. The van der Waals surface area contributed by atoms with Gasteiger partial charge in [-0.3, -0.25) is 9.89 Å². The van der Waals surface area contributed by atoms with Crippen molar-refractivity contribution in [2.24, 2.45) is 5.92 Å². The number of H-pyrrole nitrogens is 1. The van der Waals surface area contributed by atoms with Gasteiger partial charge in [0.25, 0.3) is 5.91 Å². The molecule has 16 heavy (non-hydrogen) atoms. The smallest absolute Gasteiger partial charge is 0.269 e. The van der Waals surface area contributed by atoms with Gasteiger partial charge in [0.1, 0.15) is 11.5 Å². The van der Waals surface area contributed by atoms with Crippen molar-refractivity contribution in [1.82, 2.24) is 15.5 Å². The van der Waals surface area contributed by atoms with Crippen molar-refractivity contribution in [3.8, 4) is 0 Å². The maximum Gasteiger partial charge on any atom is 0.269 e. The van der Waals surface area contributed by atoms with Crippen LogP contribution >= 0.6 is 0 Å². The third-order valence-corrected chi connectivity index (χ3v) is 2.31. The molecule has 1 heterocycles. The van der Waals surface area contributed by atoms with Crippen LogP contribution in [0.25, 0.3) is 0 Å². The van der Waals surface area contributed by atoms with Crippen LogP contribution in [0.2, 0.25) is 0 Å². The Morgan fingerprint density at radius 3 is 2.81 bits per heavy atom. The number of hydrogen-bond acceptors (Lipinski definition) is 4. The van der Waals surface area contributed by atoms with Crippen LogP contribution in [0.15, 0.2) is 6.07 Å². The third-order valence-electron chi connectivity index (χ3n) is 2.31. The molecule has 0 radical (unpaired) electrons. The van der Waals surface area contributed by atoms with Gasteiger partial charge in [-0.25, -0.2) is 0 Å². The molecule has 0 spiro atoms. The van der Waals surface area contributed by atoms with Crippen LogP contribution in [0, 0.1) is 5.92 Å². The van der Waals surface area contributed by atoms with E-state index < -0.39 is 0 Å². The Hall–Kier alpha value is -1.56. The van der Waals surface area contributed by atoms with Gasteiger partial charge in [-0.05, 0) is 5.92 Å². The average Bonchev–Trinajstić information content (AvgIpc) is 2.64. The summed E-state index contributed by atoms with van der Waals surface area (Å²) in [4.78, 5) is 11.8. The van der Waals surface area contributed by atoms with E-state index >= 15 is 0 Å². The topological polar surface area (TPSA) is 93.0 Å². The minimum Gasteiger partial charge on any atom is -0.383 e. The number of rotatable bonds is 5. The number of amides is 1. The maximum atomic E-state index is 11.8. The first-order valence-electron chi connectivity index (χ1n) is 5.15. The summed E-state index contributed by atoms with van der Waals surface area (Å²) in [6.07, 6.45) is 0. The Morgan fingerprint density at radius 2 is 2.38 bits per heavy atom. The number of carbonyl (C=O) groups is 1. The molecule has 1 aromatic heterocycles. The molecule has 0 saturated heterocycles. The molecule has 0 aromatic carbocycles. The number of ether oxygens (including phenoxy) is 1. The zero-order valence-electron chi connectivity index (χ0n) is 9.78. The molecule has 1 unspecified atom stereocenters. The van der Waals surface area contributed by atoms with E-state index in [-0.39, 0.29) is 11.9 Å². The molecule has 1 rings (SSSR count). The Labute approximate surface area is 94.5 Å². The summed E-state index contributed by atoms with van der Waals surface area (Å²) in [6, 6.07) is 1.47. The molecule has 0 saturated carbocycles. The standard InChI is InChI=1S/C10H18N4O2/c1-6(2)8(5-16-3)12-10(15)7-4-9(11)14-13-7/h4,6,8H,5H2,1-3H3,(H,12,15)(H3,11,13,14). The molecule has 6 nitrogen and oxygen atoms in total. The fourth-order valence-corrected chi connectivity index (χ4v) is 1.28. The molecule has 90 valence electrons. The number of hydrogen-bond donors (Lipinski definition) is 3. The summed E-state index contributed by atoms with van der Waals surface area (Å²) in [5, 5.41) is 9.12. The van der Waals surface area contributed by atoms with Crippen molar-refractivity contribution in [3.05, 3.63) is 11.8 Å². The lowest BCUT2D eigenvalue weighted by atomic mass is 10.1. The van der Waals surface area contributed by atoms with E-state index in [1.54, 1.807) is 7.11 Å². The number of nitrogens with one attached hydrogen (secondary N) is 2. The molecule has 4 N–H and O–H groups in total. The highest BCUT2D eigenvalue weighted by Gasteiger charge is 2.18. The van der Waals surface area contributed by atoms with E-state index in [4.69, 9.17) is 10.5 Å². The number of methoxy groups -OCH3 is 1. The van der Waals surface area contributed by atoms with Gasteiger partial charge in [0.05, 0.1) is 12.6 Å². The lowest BCUT2D eigenvalue weighted by molar-refractivity contribution is 0.0861. The van der Waals surface area contributed by atoms with E-state index in [1.165, 1.54) is 6.07 Å². The van der Waals surface area contributed by atoms with Gasteiger partial charge < -0.3 is 15.8 Å². The molecule has 1 aromatic rings. The highest BCUT2D eigenvalue weighted by molar-refractivity contribution is 5.93. The molecule has 0 aliphatic carbocycles. The second kappa shape index (κ2) is 5.50. The van der Waals surface area contributed by atoms with E-state index in [9.17, 15) is 4.79 Å². The average molecular weight is 226 g/mol. The minimum atomic E-state index is -0.222. The van der Waals surface area contributed by atoms with Crippen molar-refractivity contribution in [1.29, 1.82) is 0 Å². The molecule has 0 aliphatic heterocycles. The summed E-state index contributed by atoms with van der Waals surface area (Å²) >= 11 is 0. The number of carbonyl (C=O) groups excluding carboxylic acids is 1. The van der Waals surface area contributed by atoms with Crippen LogP contribution in [-0.2, 0) is 4.74 Å². The van der Waals surface area contributed by atoms with Gasteiger partial charge >= 0.3 is 0 Å². The van der Waals surface area contributed by atoms with Crippen LogP contribution in [0.1, 0.15) is 24.3 Å². The van der Waals surface area contributed by atoms with Crippen molar-refractivity contribution < 1.29 is 9.53 Å². The lowest BCUT2D eigenvalue weighted by Crippen LogP contribution is -2.41. The maximum absolute atomic E-state index is 11.8. The van der Waals surface area contributed by atoms with Gasteiger partial charge in [-0.2, -0.15) is 5.10 Å². The Kier molecular flexibility index (Phi) is 4.30. The van der Waals surface area contributed by atoms with Gasteiger partial charge in [0, 0.05) is 13.2 Å². The van der Waals surface area contributed by atoms with Crippen LogP contribution in [-0.4, -0.2) is 35.9 Å². The molecular formula is C10H18N4O2. The van der Waals surface area contributed by atoms with E-state index in [1.807, 2.05) is 13.8 Å². The highest BCUT2D eigenvalue weighted by Crippen LogP contribution is 2.05. The number of nitrogens with two attached hydrogens (primary N) is 1. The normalized spacial score (nSPS) is 12.8. The lowest BCUT2D eigenvalue weighted by Gasteiger charge is -2.20. The molecule has 0 aliphatic rings. The minimum absolute atomic E-state index is 0.0259. The SMILES string of the molecule is COCC(NC(=O)c1cc(N)n[nH]1)C(C)C. The van der Waals surface area contributed by atoms with Crippen molar-refractivity contribution in [3.63, 3.8) is 0 Å². The summed E-state index contributed by atoms with van der Waals surface area (Å²) in [6.45, 7) is 4.52. The molecular weight excluding hydrogens is 208 g/mol. The second-order valence-corrected chi connectivity index (χ2v) is 3.99. The number of nitrogens with zero attached hydrogens (tertiary/aromatic N) is 1. The Morgan fingerprint density at radius 1 is 1.69 bits per heavy atom. The first kappa shape index (κ1) is 12.5. The third kappa shape index (κ3) is 3.23. The Bertz CT molecular complexity index is 348. The van der Waals surface area contributed by atoms with Crippen LogP contribution in [0.3, 0.4) is 0 Å². The molecule has 6 heteroatoms. The number of nitrogen functional groups attached to an aromatic ring is 1. The summed E-state index contributed by atoms with van der Waals surface area (Å²) in [7, 11) is 1.61. The number of anilines is 1. The predicted molar refractivity (Wildman–Crippen MR) is 61.0 cm³/mol. The molecule has 1 amide bonds. The van der Waals surface area contributed by atoms with E-state index in [0.29, 0.717) is 24.0 Å². The molecule has 0 bridgehead atoms. The predicted octanol–water partition coefficient (Wildman–Crippen LogP) is 0.393. The van der Waals surface area contributed by atoms with Crippen molar-refractivity contribution in [2.75, 3.05) is 19.5 Å². The van der Waals surface area contributed by atoms with Gasteiger partial charge in [-0.1, -0.05) is 13.8 Å². The molecule has 1 atom stereocenters. The highest BCUT2D eigenvalue weighted by atomic mass is 16.5. The van der Waals surface area contributed by atoms with Crippen LogP contribution in [0.4, 0.5) is 5.82 Å². The Balaban J connectivity index is 2.61. The largest absolute Gasteiger partial charge is 0.383 e. The number of aromatic nitrogens is 2.